The second kappa shape index (κ2) is 12.2. The Morgan fingerprint density at radius 2 is 1.50 bits per heavy atom. The lowest BCUT2D eigenvalue weighted by Crippen LogP contribution is -2.36. The Morgan fingerprint density at radius 3 is 2.07 bits per heavy atom. The van der Waals surface area contributed by atoms with Crippen molar-refractivity contribution in [3.05, 3.63) is 93.3 Å². The molecule has 1 aliphatic rings. The summed E-state index contributed by atoms with van der Waals surface area (Å²) in [6.07, 6.45) is -5.08. The van der Waals surface area contributed by atoms with Crippen LogP contribution in [0.25, 0.3) is 0 Å². The molecule has 4 rings (SSSR count). The molecule has 0 aliphatic heterocycles. The number of alkyl halides is 5. The number of carbonyl (C=O) groups excluding carboxylic acids is 2. The summed E-state index contributed by atoms with van der Waals surface area (Å²) in [7, 11) is -9.50. The number of nitrogens with zero attached hydrogens (tertiary/aromatic N) is 1. The lowest BCUT2D eigenvalue weighted by atomic mass is 10.0. The van der Waals surface area contributed by atoms with E-state index in [1.807, 2.05) is 0 Å². The molecule has 0 radical (unpaired) electrons. The average molecular weight is 752 g/mol. The summed E-state index contributed by atoms with van der Waals surface area (Å²) >= 11 is 18.5. The highest BCUT2D eigenvalue weighted by molar-refractivity contribution is 8.09. The molecule has 248 valence electrons. The van der Waals surface area contributed by atoms with Crippen molar-refractivity contribution in [3.8, 4) is 0 Å². The molecule has 2 atom stereocenters. The predicted molar refractivity (Wildman–Crippen MR) is 159 cm³/mol. The summed E-state index contributed by atoms with van der Waals surface area (Å²) in [5.41, 5.74) is -4.17. The predicted octanol–water partition coefficient (Wildman–Crippen LogP) is 6.45. The number of Topliss-reactive ketones (excluding diaryl/α,β-unsaturated/α-hetero) is 1. The minimum absolute atomic E-state index is 0.0804. The molecule has 0 aromatic heterocycles. The smallest absolute Gasteiger partial charge is 0.326 e. The van der Waals surface area contributed by atoms with Gasteiger partial charge in [0.05, 0.1) is 29.0 Å². The van der Waals surface area contributed by atoms with Gasteiger partial charge in [-0.05, 0) is 47.5 Å². The molecule has 8 nitrogen and oxygen atoms in total. The van der Waals surface area contributed by atoms with E-state index < -0.39 is 98.5 Å². The van der Waals surface area contributed by atoms with Gasteiger partial charge < -0.3 is 5.32 Å². The van der Waals surface area contributed by atoms with Crippen molar-refractivity contribution in [1.29, 1.82) is 0 Å². The normalized spacial score (nSPS) is 17.8. The van der Waals surface area contributed by atoms with Crippen LogP contribution in [0.3, 0.4) is 0 Å². The molecule has 3 aromatic carbocycles. The van der Waals surface area contributed by atoms with Crippen LogP contribution in [0.15, 0.2) is 48.5 Å². The number of hydrogen-bond acceptors (Lipinski definition) is 6. The maximum atomic E-state index is 15.4. The second-order valence-electron chi connectivity index (χ2n) is 10.2. The molecule has 0 spiro atoms. The number of nitrogens with one attached hydrogen (secondary N) is 1. The minimum Gasteiger partial charge on any atom is -0.326 e. The zero-order valence-electron chi connectivity index (χ0n) is 23.1. The van der Waals surface area contributed by atoms with Crippen LogP contribution in [0.1, 0.15) is 33.0 Å². The number of amides is 1. The van der Waals surface area contributed by atoms with Crippen LogP contribution in [0.2, 0.25) is 5.02 Å². The zero-order valence-corrected chi connectivity index (χ0v) is 27.0. The first-order valence-corrected chi connectivity index (χ1v) is 17.3. The maximum Gasteiger partial charge on any atom is 0.419 e. The number of benzene rings is 3. The highest BCUT2D eigenvalue weighted by Crippen LogP contribution is 2.65. The van der Waals surface area contributed by atoms with Crippen molar-refractivity contribution >= 4 is 77.9 Å². The quantitative estimate of drug-likeness (QED) is 0.153. The lowest BCUT2D eigenvalue weighted by molar-refractivity contribution is -0.140. The lowest BCUT2D eigenvalue weighted by Gasteiger charge is -2.21. The largest absolute Gasteiger partial charge is 0.419 e. The third-order valence-corrected chi connectivity index (χ3v) is 11.3. The number of rotatable bonds is 9. The van der Waals surface area contributed by atoms with E-state index in [2.05, 4.69) is 5.32 Å². The molecule has 0 heterocycles. The Bertz CT molecular complexity index is 1960. The number of sulfonamides is 2. The summed E-state index contributed by atoms with van der Waals surface area (Å²) in [6.45, 7) is 0. The third kappa shape index (κ3) is 7.10. The van der Waals surface area contributed by atoms with Crippen LogP contribution in [0, 0.1) is 23.4 Å². The van der Waals surface area contributed by atoms with E-state index in [9.17, 15) is 48.4 Å². The Morgan fingerprint density at radius 1 is 0.913 bits per heavy atom. The van der Waals surface area contributed by atoms with Crippen molar-refractivity contribution < 1.29 is 52.8 Å². The van der Waals surface area contributed by atoms with E-state index in [0.29, 0.717) is 30.7 Å². The van der Waals surface area contributed by atoms with Crippen molar-refractivity contribution in [2.75, 3.05) is 21.5 Å². The van der Waals surface area contributed by atoms with E-state index in [0.717, 1.165) is 18.2 Å². The average Bonchev–Trinajstić information content (AvgIpc) is 3.49. The zero-order chi connectivity index (χ0) is 34.7. The number of carbonyl (C=O) groups is 2. The second-order valence-corrected chi connectivity index (χ2v) is 16.0. The Kier molecular flexibility index (Phi) is 9.49. The summed E-state index contributed by atoms with van der Waals surface area (Å²) < 4.78 is 129. The molecule has 1 amide bonds. The highest BCUT2D eigenvalue weighted by atomic mass is 35.5. The van der Waals surface area contributed by atoms with Gasteiger partial charge in [0.25, 0.3) is 0 Å². The van der Waals surface area contributed by atoms with Crippen molar-refractivity contribution in [2.24, 2.45) is 5.92 Å². The van der Waals surface area contributed by atoms with Crippen molar-refractivity contribution in [1.82, 2.24) is 0 Å². The molecule has 46 heavy (non-hydrogen) atoms. The van der Waals surface area contributed by atoms with Crippen LogP contribution < -0.4 is 9.03 Å². The monoisotopic (exact) mass is 750 g/mol. The molecular formula is C27H19Cl3F6N2O6S2. The van der Waals surface area contributed by atoms with Crippen molar-refractivity contribution in [2.45, 2.75) is 22.8 Å². The number of anilines is 2. The molecule has 0 bridgehead atoms. The summed E-state index contributed by atoms with van der Waals surface area (Å²) in [6, 6.07) is 6.90. The van der Waals surface area contributed by atoms with E-state index in [1.54, 1.807) is 0 Å². The number of halogens is 9. The van der Waals surface area contributed by atoms with Gasteiger partial charge in [0.2, 0.25) is 26.0 Å². The van der Waals surface area contributed by atoms with Gasteiger partial charge in [0, 0.05) is 23.6 Å². The van der Waals surface area contributed by atoms with Gasteiger partial charge in [0.15, 0.2) is 17.4 Å². The summed E-state index contributed by atoms with van der Waals surface area (Å²) in [4.78, 5) is 26.2. The first-order chi connectivity index (χ1) is 21.0. The van der Waals surface area contributed by atoms with E-state index >= 15 is 4.39 Å². The van der Waals surface area contributed by atoms with Crippen LogP contribution in [0.5, 0.6) is 0 Å². The van der Waals surface area contributed by atoms with Gasteiger partial charge in [-0.3, -0.25) is 9.59 Å². The van der Waals surface area contributed by atoms with Gasteiger partial charge >= 0.3 is 6.18 Å². The molecule has 0 saturated heterocycles. The molecule has 1 aliphatic carbocycles. The molecule has 1 fully saturated rings. The third-order valence-electron chi connectivity index (χ3n) is 6.81. The molecule has 1 N–H and O–H groups in total. The van der Waals surface area contributed by atoms with Gasteiger partial charge in [-0.2, -0.15) is 16.9 Å². The molecule has 3 aromatic rings. The Balaban J connectivity index is 1.59. The van der Waals surface area contributed by atoms with Crippen molar-refractivity contribution in [3.63, 3.8) is 0 Å². The molecule has 0 unspecified atom stereocenters. The highest BCUT2D eigenvalue weighted by Gasteiger charge is 2.67. The van der Waals surface area contributed by atoms with Crippen LogP contribution >= 0.6 is 34.8 Å². The first kappa shape index (κ1) is 35.8. The molecule has 1 saturated carbocycles. The van der Waals surface area contributed by atoms with Gasteiger partial charge in [0.1, 0.15) is 15.8 Å². The number of ketones is 1. The first-order valence-electron chi connectivity index (χ1n) is 12.5. The fourth-order valence-corrected chi connectivity index (χ4v) is 8.81. The van der Waals surface area contributed by atoms with Crippen LogP contribution in [-0.2, 0) is 37.4 Å². The van der Waals surface area contributed by atoms with Crippen LogP contribution in [0.4, 0.5) is 37.7 Å². The summed E-state index contributed by atoms with van der Waals surface area (Å²) in [5.74, 6) is -9.02. The minimum atomic E-state index is -5.03. The van der Waals surface area contributed by atoms with E-state index in [1.165, 1.54) is 12.1 Å². The van der Waals surface area contributed by atoms with Gasteiger partial charge in [-0.25, -0.2) is 30.0 Å². The Hall–Kier alpha value is -3.05. The number of hydrogen-bond donors (Lipinski definition) is 1. The fourth-order valence-electron chi connectivity index (χ4n) is 4.79. The molecular weight excluding hydrogens is 733 g/mol. The topological polar surface area (TPSA) is 118 Å². The standard InChI is InChI=1S/C27H19Cl3F6N2O6S2/c1-45(41,42)38(46(2,43)44)24-19(32)8-4-13(23(24)33)10-20(39)15-11-14(5-6-17(15)28)37-25(40)22-21(26(22,29)30)12-3-7-18(31)16(9-12)27(34,35)36/h3-9,11,21-22H,10H2,1-2H3,(H,37,40)/t21-,22+/m0/s1. The summed E-state index contributed by atoms with van der Waals surface area (Å²) in [5, 5.41) is 2.20. The fraction of sp³-hybridized carbons (Fsp3) is 0.259. The Labute approximate surface area is 273 Å². The maximum absolute atomic E-state index is 15.4. The van der Waals surface area contributed by atoms with E-state index in [-0.39, 0.29) is 21.8 Å². The van der Waals surface area contributed by atoms with Gasteiger partial charge in [-0.1, -0.05) is 23.7 Å². The van der Waals surface area contributed by atoms with Gasteiger partial charge in [-0.15, -0.1) is 23.2 Å². The van der Waals surface area contributed by atoms with E-state index in [4.69, 9.17) is 34.8 Å². The molecule has 19 heteroatoms. The van der Waals surface area contributed by atoms with Crippen LogP contribution in [-0.4, -0.2) is 45.4 Å². The SMILES string of the molecule is CS(=O)(=O)N(c1c(F)ccc(CC(=O)c2cc(NC(=O)[C@H]3[C@H](c4ccc(F)c(C(F)(F)F)c4)C3(Cl)Cl)ccc2Cl)c1F)S(C)(=O)=O.